The van der Waals surface area contributed by atoms with Crippen molar-refractivity contribution in [3.05, 3.63) is 33.8 Å². The van der Waals surface area contributed by atoms with E-state index in [0.29, 0.717) is 16.5 Å². The van der Waals surface area contributed by atoms with E-state index in [9.17, 15) is 4.79 Å². The number of carbonyl (C=O) groups is 1. The van der Waals surface area contributed by atoms with Crippen LogP contribution in [0, 0.1) is 0 Å². The van der Waals surface area contributed by atoms with Gasteiger partial charge in [-0.3, -0.25) is 4.79 Å². The number of hydrogen-bond acceptors (Lipinski definition) is 2. The Hall–Kier alpha value is -0.480. The van der Waals surface area contributed by atoms with E-state index in [-0.39, 0.29) is 30.4 Å². The van der Waals surface area contributed by atoms with Gasteiger partial charge >= 0.3 is 0 Å². The van der Waals surface area contributed by atoms with Gasteiger partial charge in [-0.05, 0) is 31.5 Å². The normalized spacial score (nSPS) is 13.4. The second kappa shape index (κ2) is 7.95. The van der Waals surface area contributed by atoms with Crippen molar-refractivity contribution >= 4 is 41.5 Å². The van der Waals surface area contributed by atoms with Gasteiger partial charge in [-0.25, -0.2) is 0 Å². The lowest BCUT2D eigenvalue weighted by atomic mass is 10.1. The maximum absolute atomic E-state index is 11.9. The third-order valence-electron chi connectivity index (χ3n) is 2.88. The largest absolute Gasteiger partial charge is 0.339 e. The maximum atomic E-state index is 11.9. The van der Waals surface area contributed by atoms with Gasteiger partial charge in [0.2, 0.25) is 5.91 Å². The van der Waals surface area contributed by atoms with Crippen LogP contribution < -0.4 is 5.73 Å². The van der Waals surface area contributed by atoms with Crippen LogP contribution >= 0.6 is 35.6 Å². The molecular weight excluding hydrogens is 307 g/mol. The summed E-state index contributed by atoms with van der Waals surface area (Å²) in [6.45, 7) is 3.74. The van der Waals surface area contributed by atoms with Gasteiger partial charge in [-0.1, -0.05) is 29.3 Å². The maximum Gasteiger partial charge on any atom is 0.224 e. The molecule has 6 heteroatoms. The molecule has 1 aromatic carbocycles. The van der Waals surface area contributed by atoms with Gasteiger partial charge in [0.15, 0.2) is 0 Å². The number of benzene rings is 1. The van der Waals surface area contributed by atoms with Crippen LogP contribution in [0.4, 0.5) is 0 Å². The molecule has 19 heavy (non-hydrogen) atoms. The molecule has 0 radical (unpaired) electrons. The SMILES string of the molecule is CC(N)CC(=O)N(C)C(C)c1ccc(Cl)cc1Cl.Cl. The molecule has 2 N–H and O–H groups in total. The Balaban J connectivity index is 0.00000324. The van der Waals surface area contributed by atoms with E-state index in [1.54, 1.807) is 24.1 Å². The molecule has 0 aliphatic carbocycles. The second-order valence-corrected chi connectivity index (χ2v) is 5.37. The van der Waals surface area contributed by atoms with E-state index < -0.39 is 0 Å². The lowest BCUT2D eigenvalue weighted by Gasteiger charge is -2.26. The summed E-state index contributed by atoms with van der Waals surface area (Å²) in [6, 6.07) is 5.03. The van der Waals surface area contributed by atoms with E-state index in [1.165, 1.54) is 0 Å². The van der Waals surface area contributed by atoms with Crippen LogP contribution in [0.2, 0.25) is 10.0 Å². The molecule has 0 aliphatic rings. The van der Waals surface area contributed by atoms with Crippen molar-refractivity contribution in [1.29, 1.82) is 0 Å². The average Bonchev–Trinajstić information content (AvgIpc) is 2.26. The van der Waals surface area contributed by atoms with Gasteiger partial charge in [-0.15, -0.1) is 12.4 Å². The highest BCUT2D eigenvalue weighted by atomic mass is 35.5. The molecule has 1 aromatic rings. The van der Waals surface area contributed by atoms with Crippen molar-refractivity contribution in [1.82, 2.24) is 4.90 Å². The Labute approximate surface area is 130 Å². The van der Waals surface area contributed by atoms with Crippen LogP contribution in [-0.4, -0.2) is 23.9 Å². The summed E-state index contributed by atoms with van der Waals surface area (Å²) in [6.07, 6.45) is 0.325. The molecular formula is C13H19Cl3N2O. The third-order valence-corrected chi connectivity index (χ3v) is 3.45. The molecule has 0 saturated heterocycles. The summed E-state index contributed by atoms with van der Waals surface area (Å²) in [5.74, 6) is 0.00326. The molecule has 0 bridgehead atoms. The van der Waals surface area contributed by atoms with Crippen LogP contribution in [0.1, 0.15) is 31.9 Å². The molecule has 0 aromatic heterocycles. The molecule has 2 atom stereocenters. The number of nitrogens with two attached hydrogens (primary N) is 1. The van der Waals surface area contributed by atoms with E-state index >= 15 is 0 Å². The highest BCUT2D eigenvalue weighted by molar-refractivity contribution is 6.35. The first kappa shape index (κ1) is 18.5. The summed E-state index contributed by atoms with van der Waals surface area (Å²) >= 11 is 12.0. The standard InChI is InChI=1S/C13H18Cl2N2O.ClH/c1-8(16)6-13(18)17(3)9(2)11-5-4-10(14)7-12(11)15;/h4-5,7-9H,6,16H2,1-3H3;1H. The van der Waals surface area contributed by atoms with Crippen LogP contribution in [-0.2, 0) is 4.79 Å². The Bertz CT molecular complexity index is 438. The summed E-state index contributed by atoms with van der Waals surface area (Å²) in [5, 5.41) is 1.15. The molecule has 3 nitrogen and oxygen atoms in total. The summed E-state index contributed by atoms with van der Waals surface area (Å²) < 4.78 is 0. The Morgan fingerprint density at radius 2 is 1.95 bits per heavy atom. The zero-order chi connectivity index (χ0) is 13.9. The minimum atomic E-state index is -0.146. The fraction of sp³-hybridized carbons (Fsp3) is 0.462. The van der Waals surface area contributed by atoms with Gasteiger partial charge in [-0.2, -0.15) is 0 Å². The quantitative estimate of drug-likeness (QED) is 0.918. The van der Waals surface area contributed by atoms with Crippen LogP contribution in [0.15, 0.2) is 18.2 Å². The third kappa shape index (κ3) is 5.19. The number of hydrogen-bond donors (Lipinski definition) is 1. The van der Waals surface area contributed by atoms with E-state index in [2.05, 4.69) is 0 Å². The van der Waals surface area contributed by atoms with Gasteiger partial charge in [0.05, 0.1) is 6.04 Å². The summed E-state index contributed by atoms with van der Waals surface area (Å²) in [7, 11) is 1.75. The van der Waals surface area contributed by atoms with Crippen molar-refractivity contribution in [2.24, 2.45) is 5.73 Å². The fourth-order valence-corrected chi connectivity index (χ4v) is 2.25. The monoisotopic (exact) mass is 324 g/mol. The number of rotatable bonds is 4. The molecule has 108 valence electrons. The zero-order valence-corrected chi connectivity index (χ0v) is 13.5. The zero-order valence-electron chi connectivity index (χ0n) is 11.2. The highest BCUT2D eigenvalue weighted by Crippen LogP contribution is 2.29. The van der Waals surface area contributed by atoms with Gasteiger partial charge in [0, 0.05) is 29.6 Å². The molecule has 0 fully saturated rings. The molecule has 0 spiro atoms. The van der Waals surface area contributed by atoms with Crippen molar-refractivity contribution < 1.29 is 4.79 Å². The topological polar surface area (TPSA) is 46.3 Å². The molecule has 2 unspecified atom stereocenters. The van der Waals surface area contributed by atoms with E-state index in [4.69, 9.17) is 28.9 Å². The predicted molar refractivity (Wildman–Crippen MR) is 83.2 cm³/mol. The van der Waals surface area contributed by atoms with Crippen molar-refractivity contribution in [3.63, 3.8) is 0 Å². The Morgan fingerprint density at radius 1 is 1.37 bits per heavy atom. The molecule has 0 aliphatic heterocycles. The number of halogens is 3. The van der Waals surface area contributed by atoms with Gasteiger partial charge in [0.1, 0.15) is 0 Å². The molecule has 1 rings (SSSR count). The van der Waals surface area contributed by atoms with Crippen molar-refractivity contribution in [3.8, 4) is 0 Å². The summed E-state index contributed by atoms with van der Waals surface area (Å²) in [5.41, 5.74) is 6.51. The smallest absolute Gasteiger partial charge is 0.224 e. The lowest BCUT2D eigenvalue weighted by Crippen LogP contribution is -2.33. The Kier molecular flexibility index (Phi) is 7.75. The second-order valence-electron chi connectivity index (χ2n) is 4.53. The number of amides is 1. The number of carbonyl (C=O) groups excluding carboxylic acids is 1. The highest BCUT2D eigenvalue weighted by Gasteiger charge is 2.20. The predicted octanol–water partition coefficient (Wildman–Crippen LogP) is 3.67. The van der Waals surface area contributed by atoms with Crippen LogP contribution in [0.3, 0.4) is 0 Å². The van der Waals surface area contributed by atoms with Crippen molar-refractivity contribution in [2.75, 3.05) is 7.05 Å². The lowest BCUT2D eigenvalue weighted by molar-refractivity contribution is -0.132. The summed E-state index contributed by atoms with van der Waals surface area (Å²) in [4.78, 5) is 13.6. The minimum Gasteiger partial charge on any atom is -0.339 e. The average molecular weight is 326 g/mol. The van der Waals surface area contributed by atoms with Crippen LogP contribution in [0.25, 0.3) is 0 Å². The molecule has 1 amide bonds. The Morgan fingerprint density at radius 3 is 2.42 bits per heavy atom. The first-order valence-corrected chi connectivity index (χ1v) is 6.54. The molecule has 0 saturated carbocycles. The van der Waals surface area contributed by atoms with Crippen LogP contribution in [0.5, 0.6) is 0 Å². The van der Waals surface area contributed by atoms with Crippen molar-refractivity contribution in [2.45, 2.75) is 32.4 Å². The van der Waals surface area contributed by atoms with Gasteiger partial charge in [0.25, 0.3) is 0 Å². The van der Waals surface area contributed by atoms with E-state index in [1.807, 2.05) is 19.9 Å². The van der Waals surface area contributed by atoms with Gasteiger partial charge < -0.3 is 10.6 Å². The first-order chi connectivity index (χ1) is 8.32. The minimum absolute atomic E-state index is 0. The van der Waals surface area contributed by atoms with E-state index in [0.717, 1.165) is 5.56 Å². The first-order valence-electron chi connectivity index (χ1n) is 5.79. The fourth-order valence-electron chi connectivity index (χ4n) is 1.68. The number of nitrogens with zero attached hydrogens (tertiary/aromatic N) is 1. The molecule has 0 heterocycles.